The summed E-state index contributed by atoms with van der Waals surface area (Å²) in [5.74, 6) is -0.433. The average molecular weight is 411 g/mol. The van der Waals surface area contributed by atoms with Crippen LogP contribution < -0.4 is 10.3 Å². The van der Waals surface area contributed by atoms with E-state index in [2.05, 4.69) is 25.9 Å². The van der Waals surface area contributed by atoms with Crippen LogP contribution in [0.2, 0.25) is 0 Å². The van der Waals surface area contributed by atoms with E-state index in [1.54, 1.807) is 28.7 Å². The van der Waals surface area contributed by atoms with Gasteiger partial charge in [0.15, 0.2) is 11.6 Å². The van der Waals surface area contributed by atoms with E-state index < -0.39 is 5.82 Å². The zero-order chi connectivity index (χ0) is 12.4. The summed E-state index contributed by atoms with van der Waals surface area (Å²) in [5, 5.41) is 0. The summed E-state index contributed by atoms with van der Waals surface area (Å²) in [6.45, 7) is 0. The molecule has 1 aromatic heterocycles. The predicted octanol–water partition coefficient (Wildman–Crippen LogP) is 3.07. The fourth-order valence-corrected chi connectivity index (χ4v) is 1.84. The molecule has 0 radical (unpaired) electrons. The van der Waals surface area contributed by atoms with Crippen LogP contribution in [0.25, 0.3) is 0 Å². The molecule has 0 atom stereocenters. The number of aromatic nitrogens is 2. The molecule has 88 valence electrons. The van der Waals surface area contributed by atoms with Gasteiger partial charge in [0.2, 0.25) is 5.88 Å². The molecule has 1 aromatic carbocycles. The highest BCUT2D eigenvalue weighted by Crippen LogP contribution is 2.26. The van der Waals surface area contributed by atoms with Crippen LogP contribution in [-0.2, 0) is 0 Å². The quantitative estimate of drug-likeness (QED) is 0.774. The van der Waals surface area contributed by atoms with Crippen LogP contribution in [0.4, 0.5) is 4.39 Å². The molecule has 7 heteroatoms. The normalized spacial score (nSPS) is 10.3. The average Bonchev–Trinajstić information content (AvgIpc) is 2.28. The maximum Gasteiger partial charge on any atom is 0.268 e. The lowest BCUT2D eigenvalue weighted by molar-refractivity contribution is 0.422. The Bertz CT molecular complexity index is 617. The second kappa shape index (κ2) is 5.13. The molecule has 0 unspecified atom stereocenters. The fourth-order valence-electron chi connectivity index (χ4n) is 1.10. The summed E-state index contributed by atoms with van der Waals surface area (Å²) in [5.41, 5.74) is -0.326. The third kappa shape index (κ3) is 2.83. The van der Waals surface area contributed by atoms with E-state index in [0.29, 0.717) is 4.47 Å². The Kier molecular flexibility index (Phi) is 3.77. The fraction of sp³-hybridized carbons (Fsp3) is 0. The molecule has 0 saturated carbocycles. The van der Waals surface area contributed by atoms with Crippen molar-refractivity contribution in [2.75, 3.05) is 0 Å². The van der Waals surface area contributed by atoms with Crippen molar-refractivity contribution in [2.45, 2.75) is 0 Å². The molecule has 4 nitrogen and oxygen atoms in total. The molecule has 0 saturated heterocycles. The van der Waals surface area contributed by atoms with Crippen LogP contribution >= 0.6 is 38.5 Å². The lowest BCUT2D eigenvalue weighted by atomic mass is 10.3. The molecule has 2 rings (SSSR count). The van der Waals surface area contributed by atoms with Crippen molar-refractivity contribution in [1.29, 1.82) is 0 Å². The predicted molar refractivity (Wildman–Crippen MR) is 71.7 cm³/mol. The first-order valence-electron chi connectivity index (χ1n) is 4.44. The van der Waals surface area contributed by atoms with Gasteiger partial charge in [-0.15, -0.1) is 0 Å². The first kappa shape index (κ1) is 12.5. The number of halogens is 3. The van der Waals surface area contributed by atoms with Gasteiger partial charge in [0.05, 0.1) is 6.33 Å². The van der Waals surface area contributed by atoms with Crippen molar-refractivity contribution >= 4 is 38.5 Å². The number of H-pyrrole nitrogens is 1. The van der Waals surface area contributed by atoms with Crippen molar-refractivity contribution in [1.82, 2.24) is 9.97 Å². The number of aromatic amines is 1. The second-order valence-electron chi connectivity index (χ2n) is 3.03. The Balaban J connectivity index is 2.38. The lowest BCUT2D eigenvalue weighted by Gasteiger charge is -2.06. The van der Waals surface area contributed by atoms with Crippen molar-refractivity contribution in [2.24, 2.45) is 0 Å². The van der Waals surface area contributed by atoms with Gasteiger partial charge in [-0.3, -0.25) is 4.79 Å². The standard InChI is InChI=1S/C10H5BrFIN2O2/c11-5-1-2-7(6(12)3-5)17-10-8(13)9(16)14-4-15-10/h1-4H,(H,14,15,16). The topological polar surface area (TPSA) is 55.0 Å². The number of hydrogen-bond donors (Lipinski definition) is 1. The molecule has 2 aromatic rings. The molecule has 0 bridgehead atoms. The van der Waals surface area contributed by atoms with E-state index >= 15 is 0 Å². The zero-order valence-corrected chi connectivity index (χ0v) is 12.0. The lowest BCUT2D eigenvalue weighted by Crippen LogP contribution is -2.11. The number of nitrogens with zero attached hydrogens (tertiary/aromatic N) is 1. The van der Waals surface area contributed by atoms with Gasteiger partial charge in [-0.25, -0.2) is 9.37 Å². The molecule has 0 aliphatic rings. The largest absolute Gasteiger partial charge is 0.435 e. The van der Waals surface area contributed by atoms with Gasteiger partial charge in [-0.2, -0.15) is 0 Å². The van der Waals surface area contributed by atoms with Gasteiger partial charge in [0.25, 0.3) is 5.56 Å². The maximum absolute atomic E-state index is 13.5. The van der Waals surface area contributed by atoms with E-state index in [4.69, 9.17) is 4.74 Å². The van der Waals surface area contributed by atoms with Crippen LogP contribution in [0, 0.1) is 9.39 Å². The molecule has 0 amide bonds. The van der Waals surface area contributed by atoms with Crippen LogP contribution in [0.5, 0.6) is 11.6 Å². The summed E-state index contributed by atoms with van der Waals surface area (Å²) in [6, 6.07) is 4.37. The SMILES string of the molecule is O=c1[nH]cnc(Oc2ccc(Br)cc2F)c1I. The highest BCUT2D eigenvalue weighted by molar-refractivity contribution is 14.1. The third-order valence-electron chi connectivity index (χ3n) is 1.87. The number of nitrogens with one attached hydrogen (secondary N) is 1. The van der Waals surface area contributed by atoms with Crippen LogP contribution in [0.3, 0.4) is 0 Å². The molecule has 0 aliphatic carbocycles. The van der Waals surface area contributed by atoms with Gasteiger partial charge in [-0.1, -0.05) is 15.9 Å². The molecule has 17 heavy (non-hydrogen) atoms. The number of hydrogen-bond acceptors (Lipinski definition) is 3. The molecular formula is C10H5BrFIN2O2. The van der Waals surface area contributed by atoms with Crippen molar-refractivity contribution in [3.63, 3.8) is 0 Å². The molecule has 1 heterocycles. The summed E-state index contributed by atoms with van der Waals surface area (Å²) >= 11 is 4.93. The first-order chi connectivity index (χ1) is 8.08. The first-order valence-corrected chi connectivity index (χ1v) is 6.31. The van der Waals surface area contributed by atoms with Crippen molar-refractivity contribution < 1.29 is 9.13 Å². The number of benzene rings is 1. The van der Waals surface area contributed by atoms with E-state index in [0.717, 1.165) is 0 Å². The van der Waals surface area contributed by atoms with Gasteiger partial charge < -0.3 is 9.72 Å². The van der Waals surface area contributed by atoms with E-state index in [1.807, 2.05) is 0 Å². The van der Waals surface area contributed by atoms with Crippen LogP contribution in [0.15, 0.2) is 33.8 Å². The minimum atomic E-state index is -0.530. The highest BCUT2D eigenvalue weighted by atomic mass is 127. The van der Waals surface area contributed by atoms with E-state index in [-0.39, 0.29) is 20.8 Å². The third-order valence-corrected chi connectivity index (χ3v) is 3.31. The second-order valence-corrected chi connectivity index (χ2v) is 5.02. The molecule has 1 N–H and O–H groups in total. The summed E-state index contributed by atoms with van der Waals surface area (Å²) < 4.78 is 19.6. The molecule has 0 fully saturated rings. The highest BCUT2D eigenvalue weighted by Gasteiger charge is 2.10. The van der Waals surface area contributed by atoms with E-state index in [9.17, 15) is 9.18 Å². The Labute approximate surface area is 117 Å². The Morgan fingerprint density at radius 1 is 1.47 bits per heavy atom. The van der Waals surface area contributed by atoms with Gasteiger partial charge in [-0.05, 0) is 40.8 Å². The minimum Gasteiger partial charge on any atom is -0.435 e. The number of ether oxygens (including phenoxy) is 1. The van der Waals surface area contributed by atoms with Gasteiger partial charge in [0, 0.05) is 4.47 Å². The maximum atomic E-state index is 13.5. The Morgan fingerprint density at radius 2 is 2.24 bits per heavy atom. The van der Waals surface area contributed by atoms with E-state index in [1.165, 1.54) is 18.5 Å². The Morgan fingerprint density at radius 3 is 2.94 bits per heavy atom. The van der Waals surface area contributed by atoms with Crippen molar-refractivity contribution in [3.05, 3.63) is 48.7 Å². The Hall–Kier alpha value is -0.960. The van der Waals surface area contributed by atoms with Gasteiger partial charge >= 0.3 is 0 Å². The van der Waals surface area contributed by atoms with Crippen LogP contribution in [-0.4, -0.2) is 9.97 Å². The number of rotatable bonds is 2. The zero-order valence-electron chi connectivity index (χ0n) is 8.21. The van der Waals surface area contributed by atoms with Gasteiger partial charge in [0.1, 0.15) is 3.57 Å². The summed E-state index contributed by atoms with van der Waals surface area (Å²) in [4.78, 5) is 17.5. The van der Waals surface area contributed by atoms with Crippen LogP contribution in [0.1, 0.15) is 0 Å². The summed E-state index contributed by atoms with van der Waals surface area (Å²) in [6.07, 6.45) is 1.20. The van der Waals surface area contributed by atoms with Crippen molar-refractivity contribution in [3.8, 4) is 11.6 Å². The molecular weight excluding hydrogens is 406 g/mol. The summed E-state index contributed by atoms with van der Waals surface area (Å²) in [7, 11) is 0. The molecule has 0 aliphatic heterocycles. The minimum absolute atomic E-state index is 0.0178. The molecule has 0 spiro atoms. The monoisotopic (exact) mass is 410 g/mol. The smallest absolute Gasteiger partial charge is 0.268 e.